The fourth-order valence-corrected chi connectivity index (χ4v) is 3.83. The van der Waals surface area contributed by atoms with Gasteiger partial charge in [0.25, 0.3) is 0 Å². The quantitative estimate of drug-likeness (QED) is 0.878. The lowest BCUT2D eigenvalue weighted by Crippen LogP contribution is -2.25. The van der Waals surface area contributed by atoms with Crippen molar-refractivity contribution in [2.45, 2.75) is 18.9 Å². The van der Waals surface area contributed by atoms with Gasteiger partial charge in [-0.1, -0.05) is 15.9 Å². The molecule has 90 valence electrons. The van der Waals surface area contributed by atoms with Crippen molar-refractivity contribution in [3.8, 4) is 0 Å². The van der Waals surface area contributed by atoms with Crippen LogP contribution in [0, 0.1) is 0 Å². The Morgan fingerprint density at radius 2 is 2.12 bits per heavy atom. The van der Waals surface area contributed by atoms with Crippen LogP contribution in [0.3, 0.4) is 0 Å². The third kappa shape index (κ3) is 2.06. The van der Waals surface area contributed by atoms with E-state index in [2.05, 4.69) is 20.9 Å². The molecule has 0 aliphatic carbocycles. The number of halogens is 1. The van der Waals surface area contributed by atoms with Crippen LogP contribution in [0.2, 0.25) is 0 Å². The molecule has 1 saturated heterocycles. The molecule has 0 bridgehead atoms. The Labute approximate surface area is 112 Å². The van der Waals surface area contributed by atoms with Gasteiger partial charge < -0.3 is 4.98 Å². The zero-order chi connectivity index (χ0) is 11.8. The lowest BCUT2D eigenvalue weighted by atomic mass is 10.1. The van der Waals surface area contributed by atoms with Gasteiger partial charge in [0.15, 0.2) is 0 Å². The Morgan fingerprint density at radius 1 is 1.35 bits per heavy atom. The summed E-state index contributed by atoms with van der Waals surface area (Å²) in [7, 11) is 0. The molecule has 0 atom stereocenters. The van der Waals surface area contributed by atoms with Crippen molar-refractivity contribution in [1.82, 2.24) is 9.55 Å². The number of aromatic nitrogens is 2. The highest BCUT2D eigenvalue weighted by molar-refractivity contribution is 9.10. The fourth-order valence-electron chi connectivity index (χ4n) is 2.40. The van der Waals surface area contributed by atoms with Crippen LogP contribution < -0.4 is 5.69 Å². The summed E-state index contributed by atoms with van der Waals surface area (Å²) in [5.41, 5.74) is 1.97. The van der Waals surface area contributed by atoms with Gasteiger partial charge in [0.05, 0.1) is 11.0 Å². The van der Waals surface area contributed by atoms with Crippen molar-refractivity contribution >= 4 is 38.7 Å². The van der Waals surface area contributed by atoms with Gasteiger partial charge in [0.1, 0.15) is 0 Å². The number of nitrogens with zero attached hydrogens (tertiary/aromatic N) is 1. The van der Waals surface area contributed by atoms with E-state index in [1.165, 1.54) is 0 Å². The Hall–Kier alpha value is -0.680. The SMILES string of the molecule is O=c1[nH]c2ccc(Br)cc2n1C1CCSCC1. The Kier molecular flexibility index (Phi) is 3.04. The summed E-state index contributed by atoms with van der Waals surface area (Å²) in [6.07, 6.45) is 2.17. The van der Waals surface area contributed by atoms with E-state index < -0.39 is 0 Å². The van der Waals surface area contributed by atoms with Crippen molar-refractivity contribution in [1.29, 1.82) is 0 Å². The van der Waals surface area contributed by atoms with E-state index in [0.717, 1.165) is 39.9 Å². The van der Waals surface area contributed by atoms with E-state index in [1.54, 1.807) is 0 Å². The highest BCUT2D eigenvalue weighted by Gasteiger charge is 2.19. The van der Waals surface area contributed by atoms with Gasteiger partial charge in [-0.05, 0) is 42.5 Å². The lowest BCUT2D eigenvalue weighted by Gasteiger charge is -2.22. The Bertz CT molecular complexity index is 598. The van der Waals surface area contributed by atoms with E-state index >= 15 is 0 Å². The predicted octanol–water partition coefficient (Wildman–Crippen LogP) is 3.16. The number of thioether (sulfide) groups is 1. The predicted molar refractivity (Wildman–Crippen MR) is 75.9 cm³/mol. The smallest absolute Gasteiger partial charge is 0.306 e. The average molecular weight is 313 g/mol. The maximum atomic E-state index is 12.0. The second-order valence-electron chi connectivity index (χ2n) is 4.31. The Morgan fingerprint density at radius 3 is 2.88 bits per heavy atom. The molecule has 17 heavy (non-hydrogen) atoms. The van der Waals surface area contributed by atoms with Crippen LogP contribution in [0.4, 0.5) is 0 Å². The van der Waals surface area contributed by atoms with Gasteiger partial charge in [-0.2, -0.15) is 11.8 Å². The zero-order valence-electron chi connectivity index (χ0n) is 9.28. The molecular weight excluding hydrogens is 300 g/mol. The van der Waals surface area contributed by atoms with Crippen molar-refractivity contribution in [3.05, 3.63) is 33.2 Å². The largest absolute Gasteiger partial charge is 0.326 e. The van der Waals surface area contributed by atoms with Crippen LogP contribution in [0.5, 0.6) is 0 Å². The van der Waals surface area contributed by atoms with Gasteiger partial charge in [0, 0.05) is 10.5 Å². The molecule has 1 N–H and O–H groups in total. The maximum absolute atomic E-state index is 12.0. The van der Waals surface area contributed by atoms with Crippen molar-refractivity contribution < 1.29 is 0 Å². The summed E-state index contributed by atoms with van der Waals surface area (Å²) in [6.45, 7) is 0. The number of aromatic amines is 1. The van der Waals surface area contributed by atoms with Gasteiger partial charge in [-0.15, -0.1) is 0 Å². The van der Waals surface area contributed by atoms with E-state index in [9.17, 15) is 4.79 Å². The first-order chi connectivity index (χ1) is 8.25. The van der Waals surface area contributed by atoms with E-state index in [4.69, 9.17) is 0 Å². The Balaban J connectivity index is 2.16. The van der Waals surface area contributed by atoms with Crippen LogP contribution >= 0.6 is 27.7 Å². The number of H-pyrrole nitrogens is 1. The molecule has 2 aromatic rings. The monoisotopic (exact) mass is 312 g/mol. The molecule has 1 aliphatic rings. The van der Waals surface area contributed by atoms with Crippen molar-refractivity contribution in [2.24, 2.45) is 0 Å². The minimum absolute atomic E-state index is 0.0231. The summed E-state index contributed by atoms with van der Waals surface area (Å²) in [5.74, 6) is 2.30. The topological polar surface area (TPSA) is 37.8 Å². The molecule has 0 unspecified atom stereocenters. The van der Waals surface area contributed by atoms with Crippen LogP contribution in [-0.2, 0) is 0 Å². The second kappa shape index (κ2) is 4.53. The summed E-state index contributed by atoms with van der Waals surface area (Å²) < 4.78 is 2.95. The first-order valence-corrected chi connectivity index (χ1v) is 7.68. The summed E-state index contributed by atoms with van der Waals surface area (Å²) in [6, 6.07) is 6.29. The third-order valence-corrected chi connectivity index (χ3v) is 4.78. The van der Waals surface area contributed by atoms with Gasteiger partial charge in [-0.3, -0.25) is 4.57 Å². The standard InChI is InChI=1S/C12H13BrN2OS/c13-8-1-2-10-11(7-8)15(12(16)14-10)9-3-5-17-6-4-9/h1-2,7,9H,3-6H2,(H,14,16). The molecule has 1 aliphatic heterocycles. The average Bonchev–Trinajstić information content (AvgIpc) is 2.65. The second-order valence-corrected chi connectivity index (χ2v) is 6.45. The van der Waals surface area contributed by atoms with E-state index in [-0.39, 0.29) is 5.69 Å². The molecule has 2 heterocycles. The van der Waals surface area contributed by atoms with E-state index in [0.29, 0.717) is 6.04 Å². The number of rotatable bonds is 1. The highest BCUT2D eigenvalue weighted by Crippen LogP contribution is 2.29. The number of nitrogens with one attached hydrogen (secondary N) is 1. The number of fused-ring (bicyclic) bond motifs is 1. The molecule has 1 fully saturated rings. The van der Waals surface area contributed by atoms with Crippen molar-refractivity contribution in [3.63, 3.8) is 0 Å². The number of benzene rings is 1. The summed E-state index contributed by atoms with van der Waals surface area (Å²) in [5, 5.41) is 0. The molecule has 3 rings (SSSR count). The first-order valence-electron chi connectivity index (χ1n) is 5.73. The van der Waals surface area contributed by atoms with Gasteiger partial charge in [-0.25, -0.2) is 4.79 Å². The minimum atomic E-state index is 0.0231. The molecule has 5 heteroatoms. The highest BCUT2D eigenvalue weighted by atomic mass is 79.9. The first kappa shape index (κ1) is 11.4. The molecule has 3 nitrogen and oxygen atoms in total. The van der Waals surface area contributed by atoms with Crippen LogP contribution in [0.1, 0.15) is 18.9 Å². The molecule has 1 aromatic carbocycles. The number of imidazole rings is 1. The minimum Gasteiger partial charge on any atom is -0.306 e. The summed E-state index contributed by atoms with van der Waals surface area (Å²) >= 11 is 5.44. The number of hydrogen-bond acceptors (Lipinski definition) is 2. The van der Waals surface area contributed by atoms with Gasteiger partial charge in [0.2, 0.25) is 0 Å². The summed E-state index contributed by atoms with van der Waals surface area (Å²) in [4.78, 5) is 15.0. The molecule has 0 radical (unpaired) electrons. The fraction of sp³-hybridized carbons (Fsp3) is 0.417. The van der Waals surface area contributed by atoms with E-state index in [1.807, 2.05) is 34.5 Å². The third-order valence-electron chi connectivity index (χ3n) is 3.24. The molecule has 1 aromatic heterocycles. The molecule has 0 amide bonds. The zero-order valence-corrected chi connectivity index (χ0v) is 11.7. The number of hydrogen-bond donors (Lipinski definition) is 1. The lowest BCUT2D eigenvalue weighted by molar-refractivity contribution is 0.469. The maximum Gasteiger partial charge on any atom is 0.326 e. The van der Waals surface area contributed by atoms with Crippen LogP contribution in [0.15, 0.2) is 27.5 Å². The molecule has 0 saturated carbocycles. The molecular formula is C12H13BrN2OS. The normalized spacial score (nSPS) is 17.7. The van der Waals surface area contributed by atoms with Gasteiger partial charge >= 0.3 is 5.69 Å². The van der Waals surface area contributed by atoms with Crippen molar-refractivity contribution in [2.75, 3.05) is 11.5 Å². The van der Waals surface area contributed by atoms with Crippen LogP contribution in [-0.4, -0.2) is 21.1 Å². The van der Waals surface area contributed by atoms with Crippen LogP contribution in [0.25, 0.3) is 11.0 Å². The molecule has 0 spiro atoms.